The number of imidazole rings is 1. The molecule has 0 aliphatic carbocycles. The van der Waals surface area contributed by atoms with Gasteiger partial charge in [-0.1, -0.05) is 6.07 Å². The van der Waals surface area contributed by atoms with Crippen molar-refractivity contribution in [2.45, 2.75) is 45.3 Å². The van der Waals surface area contributed by atoms with Crippen molar-refractivity contribution in [1.82, 2.24) is 14.9 Å². The number of fused-ring (bicyclic) bond motifs is 1. The first-order valence-electron chi connectivity index (χ1n) is 8.20. The van der Waals surface area contributed by atoms with E-state index in [0.717, 1.165) is 29.6 Å². The van der Waals surface area contributed by atoms with E-state index in [0.29, 0.717) is 19.0 Å². The van der Waals surface area contributed by atoms with E-state index in [2.05, 4.69) is 9.97 Å². The number of para-hydroxylation sites is 1. The van der Waals surface area contributed by atoms with Gasteiger partial charge in [-0.25, -0.2) is 9.78 Å². The lowest BCUT2D eigenvalue weighted by molar-refractivity contribution is 0.0127. The summed E-state index contributed by atoms with van der Waals surface area (Å²) in [5.74, 6) is 1.09. The van der Waals surface area contributed by atoms with Crippen molar-refractivity contribution in [3.63, 3.8) is 0 Å². The minimum Gasteiger partial charge on any atom is -0.488 e. The number of nitrogens with two attached hydrogens (primary N) is 1. The van der Waals surface area contributed by atoms with Crippen LogP contribution in [0.25, 0.3) is 11.0 Å². The highest BCUT2D eigenvalue weighted by Gasteiger charge is 2.28. The number of nitrogens with zero attached hydrogens (tertiary/aromatic N) is 2. The molecule has 0 spiro atoms. The number of likely N-dealkylation sites (tertiary alicyclic amines) is 1. The van der Waals surface area contributed by atoms with E-state index in [1.807, 2.05) is 39.0 Å². The molecule has 130 valence electrons. The summed E-state index contributed by atoms with van der Waals surface area (Å²) in [5, 5.41) is 0. The second-order valence-electron chi connectivity index (χ2n) is 7.06. The van der Waals surface area contributed by atoms with Crippen molar-refractivity contribution in [2.24, 2.45) is 0 Å². The van der Waals surface area contributed by atoms with Crippen molar-refractivity contribution in [1.29, 1.82) is 0 Å². The molecule has 0 radical (unpaired) electrons. The van der Waals surface area contributed by atoms with Gasteiger partial charge in [-0.3, -0.25) is 0 Å². The predicted molar refractivity (Wildman–Crippen MR) is 92.0 cm³/mol. The summed E-state index contributed by atoms with van der Waals surface area (Å²) in [6.45, 7) is 6.86. The Morgan fingerprint density at radius 3 is 2.71 bits per heavy atom. The average Bonchev–Trinajstić information content (AvgIpc) is 2.87. The van der Waals surface area contributed by atoms with Gasteiger partial charge in [-0.15, -0.1) is 0 Å². The zero-order chi connectivity index (χ0) is 17.3. The van der Waals surface area contributed by atoms with Crippen LogP contribution in [0.1, 0.15) is 33.6 Å². The molecular weight excluding hydrogens is 308 g/mol. The Kier molecular flexibility index (Phi) is 4.26. The molecule has 1 amide bonds. The molecular formula is C17H24N4O3. The lowest BCUT2D eigenvalue weighted by Crippen LogP contribution is -2.44. The normalized spacial score (nSPS) is 16.4. The molecule has 2 heterocycles. The molecule has 3 N–H and O–H groups in total. The van der Waals surface area contributed by atoms with Gasteiger partial charge >= 0.3 is 6.09 Å². The molecule has 0 atom stereocenters. The van der Waals surface area contributed by atoms with E-state index in [1.54, 1.807) is 4.90 Å². The van der Waals surface area contributed by atoms with Crippen LogP contribution in [-0.4, -0.2) is 45.8 Å². The number of nitrogens with one attached hydrogen (secondary N) is 1. The van der Waals surface area contributed by atoms with Gasteiger partial charge in [0.05, 0.1) is 5.52 Å². The summed E-state index contributed by atoms with van der Waals surface area (Å²) in [4.78, 5) is 21.1. The van der Waals surface area contributed by atoms with Crippen LogP contribution in [0.5, 0.6) is 5.75 Å². The van der Waals surface area contributed by atoms with Crippen molar-refractivity contribution in [2.75, 3.05) is 18.8 Å². The summed E-state index contributed by atoms with van der Waals surface area (Å²) in [6.07, 6.45) is 1.31. The molecule has 2 aromatic rings. The van der Waals surface area contributed by atoms with Crippen LogP contribution in [0.3, 0.4) is 0 Å². The maximum atomic E-state index is 12.1. The van der Waals surface area contributed by atoms with Crippen molar-refractivity contribution in [3.8, 4) is 5.75 Å². The molecule has 1 aliphatic rings. The van der Waals surface area contributed by atoms with Crippen LogP contribution in [0, 0.1) is 0 Å². The summed E-state index contributed by atoms with van der Waals surface area (Å²) >= 11 is 0. The van der Waals surface area contributed by atoms with Crippen LogP contribution in [0.2, 0.25) is 0 Å². The number of amides is 1. The van der Waals surface area contributed by atoms with Gasteiger partial charge in [0, 0.05) is 25.9 Å². The van der Waals surface area contributed by atoms with Crippen LogP contribution in [0.15, 0.2) is 18.2 Å². The number of piperidine rings is 1. The van der Waals surface area contributed by atoms with E-state index in [4.69, 9.17) is 15.2 Å². The highest BCUT2D eigenvalue weighted by molar-refractivity contribution is 5.83. The van der Waals surface area contributed by atoms with Crippen molar-refractivity contribution >= 4 is 23.1 Å². The lowest BCUT2D eigenvalue weighted by atomic mass is 10.1. The number of ether oxygens (including phenoxy) is 2. The fourth-order valence-electron chi connectivity index (χ4n) is 2.78. The monoisotopic (exact) mass is 332 g/mol. The zero-order valence-corrected chi connectivity index (χ0v) is 14.3. The quantitative estimate of drug-likeness (QED) is 0.882. The van der Waals surface area contributed by atoms with Crippen molar-refractivity contribution in [3.05, 3.63) is 18.2 Å². The molecule has 0 saturated carbocycles. The van der Waals surface area contributed by atoms with Crippen LogP contribution < -0.4 is 10.5 Å². The van der Waals surface area contributed by atoms with Gasteiger partial charge in [0.1, 0.15) is 23.0 Å². The first-order valence-corrected chi connectivity index (χ1v) is 8.20. The number of carbonyl (C=O) groups excluding carboxylic acids is 1. The molecule has 0 unspecified atom stereocenters. The molecule has 0 bridgehead atoms. The van der Waals surface area contributed by atoms with Crippen LogP contribution >= 0.6 is 0 Å². The Bertz CT molecular complexity index is 727. The second-order valence-corrected chi connectivity index (χ2v) is 7.06. The van der Waals surface area contributed by atoms with Gasteiger partial charge in [-0.05, 0) is 32.9 Å². The molecule has 1 aliphatic heterocycles. The predicted octanol–water partition coefficient (Wildman–Crippen LogP) is 2.92. The van der Waals surface area contributed by atoms with Gasteiger partial charge in [0.15, 0.2) is 5.95 Å². The molecule has 7 heteroatoms. The average molecular weight is 332 g/mol. The number of aromatic nitrogens is 2. The van der Waals surface area contributed by atoms with Gasteiger partial charge < -0.3 is 25.1 Å². The summed E-state index contributed by atoms with van der Waals surface area (Å²) < 4.78 is 11.5. The van der Waals surface area contributed by atoms with Gasteiger partial charge in [0.2, 0.25) is 0 Å². The number of anilines is 1. The number of hydrogen-bond acceptors (Lipinski definition) is 5. The summed E-state index contributed by atoms with van der Waals surface area (Å²) in [6, 6.07) is 5.71. The molecule has 1 saturated heterocycles. The third-order valence-electron chi connectivity index (χ3n) is 3.88. The number of carbonyl (C=O) groups is 1. The van der Waals surface area contributed by atoms with E-state index in [-0.39, 0.29) is 12.2 Å². The molecule has 1 aromatic heterocycles. The zero-order valence-electron chi connectivity index (χ0n) is 14.3. The Balaban J connectivity index is 1.60. The number of hydrogen-bond donors (Lipinski definition) is 2. The van der Waals surface area contributed by atoms with E-state index >= 15 is 0 Å². The number of benzene rings is 1. The van der Waals surface area contributed by atoms with Crippen molar-refractivity contribution < 1.29 is 14.3 Å². The summed E-state index contributed by atoms with van der Waals surface area (Å²) in [5.41, 5.74) is 6.84. The lowest BCUT2D eigenvalue weighted by Gasteiger charge is -2.33. The van der Waals surface area contributed by atoms with Gasteiger partial charge in [-0.2, -0.15) is 0 Å². The Morgan fingerprint density at radius 1 is 1.33 bits per heavy atom. The Hall–Kier alpha value is -2.44. The van der Waals surface area contributed by atoms with Crippen LogP contribution in [0.4, 0.5) is 10.7 Å². The molecule has 7 nitrogen and oxygen atoms in total. The second kappa shape index (κ2) is 6.22. The minimum absolute atomic E-state index is 0.0483. The largest absolute Gasteiger partial charge is 0.488 e. The fourth-order valence-corrected chi connectivity index (χ4v) is 2.78. The Morgan fingerprint density at radius 2 is 2.04 bits per heavy atom. The minimum atomic E-state index is -0.472. The van der Waals surface area contributed by atoms with E-state index in [9.17, 15) is 4.79 Å². The topological polar surface area (TPSA) is 93.5 Å². The van der Waals surface area contributed by atoms with E-state index < -0.39 is 5.60 Å². The first-order chi connectivity index (χ1) is 11.3. The number of nitrogen functional groups attached to an aromatic ring is 1. The number of rotatable bonds is 2. The smallest absolute Gasteiger partial charge is 0.410 e. The fraction of sp³-hybridized carbons (Fsp3) is 0.529. The molecule has 3 rings (SSSR count). The highest BCUT2D eigenvalue weighted by Crippen LogP contribution is 2.27. The van der Waals surface area contributed by atoms with Crippen LogP contribution in [-0.2, 0) is 4.74 Å². The summed E-state index contributed by atoms with van der Waals surface area (Å²) in [7, 11) is 0. The Labute approximate surface area is 141 Å². The molecule has 24 heavy (non-hydrogen) atoms. The van der Waals surface area contributed by atoms with Gasteiger partial charge in [0.25, 0.3) is 0 Å². The third kappa shape index (κ3) is 3.72. The first kappa shape index (κ1) is 16.4. The number of H-pyrrole nitrogens is 1. The maximum absolute atomic E-state index is 12.1. The van der Waals surface area contributed by atoms with E-state index in [1.165, 1.54) is 0 Å². The molecule has 1 fully saturated rings. The standard InChI is InChI=1S/C17H24N4O3/c1-17(2,3)24-16(22)21-9-7-11(8-10-21)23-13-6-4-5-12-14(13)20-15(18)19-12/h4-6,11H,7-10H2,1-3H3,(H3,18,19,20). The maximum Gasteiger partial charge on any atom is 0.410 e. The highest BCUT2D eigenvalue weighted by atomic mass is 16.6. The number of aromatic amines is 1. The molecule has 1 aromatic carbocycles. The SMILES string of the molecule is CC(C)(C)OC(=O)N1CCC(Oc2cccc3[nH]c(N)nc23)CC1. The third-order valence-corrected chi connectivity index (χ3v) is 3.88.